The Bertz CT molecular complexity index is 896. The fraction of sp³-hybridized carbons (Fsp3) is 0.462. The number of nitrogens with zero attached hydrogens (tertiary/aromatic N) is 2. The van der Waals surface area contributed by atoms with Crippen molar-refractivity contribution in [3.8, 4) is 16.9 Å². The minimum Gasteiger partial charge on any atom is -0.496 e. The lowest BCUT2D eigenvalue weighted by atomic mass is 9.91. The van der Waals surface area contributed by atoms with Crippen LogP contribution in [0.5, 0.6) is 5.75 Å². The summed E-state index contributed by atoms with van der Waals surface area (Å²) < 4.78 is 5.58. The number of benzene rings is 2. The van der Waals surface area contributed by atoms with E-state index >= 15 is 0 Å². The van der Waals surface area contributed by atoms with E-state index in [9.17, 15) is 9.59 Å². The first kappa shape index (κ1) is 22.9. The van der Waals surface area contributed by atoms with Crippen LogP contribution in [-0.4, -0.2) is 54.9 Å². The number of carbonyl (C=O) groups excluding carboxylic acids is 2. The van der Waals surface area contributed by atoms with E-state index in [2.05, 4.69) is 19.1 Å². The number of hydrogen-bond acceptors (Lipinski definition) is 3. The number of para-hydroxylation sites is 1. The van der Waals surface area contributed by atoms with Crippen LogP contribution < -0.4 is 4.74 Å². The number of rotatable bonds is 8. The van der Waals surface area contributed by atoms with Crippen LogP contribution in [0.4, 0.5) is 0 Å². The van der Waals surface area contributed by atoms with Gasteiger partial charge >= 0.3 is 0 Å². The lowest BCUT2D eigenvalue weighted by Crippen LogP contribution is -2.38. The maximum Gasteiger partial charge on any atom is 0.227 e. The van der Waals surface area contributed by atoms with E-state index in [1.165, 1.54) is 0 Å². The second-order valence-electron chi connectivity index (χ2n) is 8.17. The first-order valence-electron chi connectivity index (χ1n) is 11.4. The van der Waals surface area contributed by atoms with E-state index in [0.29, 0.717) is 32.5 Å². The normalized spacial score (nSPS) is 16.9. The zero-order valence-electron chi connectivity index (χ0n) is 19.0. The van der Waals surface area contributed by atoms with Crippen LogP contribution in [0.15, 0.2) is 48.5 Å². The lowest BCUT2D eigenvalue weighted by molar-refractivity contribution is -0.135. The maximum atomic E-state index is 13.4. The van der Waals surface area contributed by atoms with E-state index in [-0.39, 0.29) is 17.7 Å². The average Bonchev–Trinajstić information content (AvgIpc) is 2.94. The Morgan fingerprint density at radius 2 is 1.71 bits per heavy atom. The molecule has 1 aliphatic rings. The molecule has 1 aliphatic heterocycles. The highest BCUT2D eigenvalue weighted by Gasteiger charge is 2.32. The van der Waals surface area contributed by atoms with Gasteiger partial charge in [-0.3, -0.25) is 9.59 Å². The molecule has 166 valence electrons. The second kappa shape index (κ2) is 11.0. The molecule has 1 heterocycles. The Hall–Kier alpha value is -2.82. The number of carbonyl (C=O) groups is 2. The zero-order chi connectivity index (χ0) is 22.2. The molecule has 0 bridgehead atoms. The van der Waals surface area contributed by atoms with Crippen LogP contribution in [0, 0.1) is 5.92 Å². The van der Waals surface area contributed by atoms with Crippen LogP contribution >= 0.6 is 0 Å². The summed E-state index contributed by atoms with van der Waals surface area (Å²) in [5, 5.41) is 0. The second-order valence-corrected chi connectivity index (χ2v) is 8.17. The molecule has 2 aromatic carbocycles. The van der Waals surface area contributed by atoms with Gasteiger partial charge in [-0.05, 0) is 36.5 Å². The van der Waals surface area contributed by atoms with Gasteiger partial charge in [0.15, 0.2) is 0 Å². The molecule has 0 aliphatic carbocycles. The van der Waals surface area contributed by atoms with E-state index < -0.39 is 0 Å². The van der Waals surface area contributed by atoms with Gasteiger partial charge in [0.25, 0.3) is 0 Å². The fourth-order valence-electron chi connectivity index (χ4n) is 4.38. The standard InChI is InChI=1S/C26H34N2O3/c1-4-10-25(29)28-17-16-27(15-5-2)26(30)21(19-28)18-20-11-6-7-12-22(20)23-13-8-9-14-24(23)31-3/h6-9,11-14,21H,4-5,10,15-19H2,1-3H3/t21-/m0/s1. The van der Waals surface area contributed by atoms with Gasteiger partial charge in [0, 0.05) is 38.2 Å². The van der Waals surface area contributed by atoms with Gasteiger partial charge in [-0.1, -0.05) is 56.3 Å². The Kier molecular flexibility index (Phi) is 8.10. The van der Waals surface area contributed by atoms with Crippen LogP contribution in [0.1, 0.15) is 38.7 Å². The molecule has 0 saturated carbocycles. The molecule has 5 nitrogen and oxygen atoms in total. The number of ether oxygens (including phenoxy) is 1. The van der Waals surface area contributed by atoms with Gasteiger partial charge in [0.2, 0.25) is 11.8 Å². The van der Waals surface area contributed by atoms with Crippen molar-refractivity contribution in [3.63, 3.8) is 0 Å². The summed E-state index contributed by atoms with van der Waals surface area (Å²) in [6, 6.07) is 16.2. The molecule has 0 aromatic heterocycles. The highest BCUT2D eigenvalue weighted by molar-refractivity contribution is 5.83. The number of hydrogen-bond donors (Lipinski definition) is 0. The number of amides is 2. The quantitative estimate of drug-likeness (QED) is 0.633. The first-order chi connectivity index (χ1) is 15.1. The predicted octanol–water partition coefficient (Wildman–Crippen LogP) is 4.40. The summed E-state index contributed by atoms with van der Waals surface area (Å²) in [6.45, 7) is 6.56. The van der Waals surface area contributed by atoms with E-state index in [1.807, 2.05) is 53.1 Å². The predicted molar refractivity (Wildman–Crippen MR) is 124 cm³/mol. The SMILES string of the molecule is CCCC(=O)N1CCN(CCC)C(=O)[C@@H](Cc2ccccc2-c2ccccc2OC)C1. The topological polar surface area (TPSA) is 49.9 Å². The van der Waals surface area contributed by atoms with E-state index in [4.69, 9.17) is 4.74 Å². The molecule has 5 heteroatoms. The molecule has 2 amide bonds. The Morgan fingerprint density at radius 1 is 1.00 bits per heavy atom. The first-order valence-corrected chi connectivity index (χ1v) is 11.4. The van der Waals surface area contributed by atoms with Crippen LogP contribution in [0.2, 0.25) is 0 Å². The molecule has 2 aromatic rings. The molecule has 31 heavy (non-hydrogen) atoms. The van der Waals surface area contributed by atoms with E-state index in [0.717, 1.165) is 41.8 Å². The van der Waals surface area contributed by atoms with Crippen molar-refractivity contribution in [2.45, 2.75) is 39.5 Å². The van der Waals surface area contributed by atoms with Crippen LogP contribution in [0.3, 0.4) is 0 Å². The van der Waals surface area contributed by atoms with Gasteiger partial charge < -0.3 is 14.5 Å². The molecule has 0 unspecified atom stereocenters. The van der Waals surface area contributed by atoms with Crippen LogP contribution in [-0.2, 0) is 16.0 Å². The van der Waals surface area contributed by atoms with Gasteiger partial charge in [0.05, 0.1) is 13.0 Å². The summed E-state index contributed by atoms with van der Waals surface area (Å²) in [7, 11) is 1.68. The smallest absolute Gasteiger partial charge is 0.227 e. The van der Waals surface area contributed by atoms with Crippen molar-refractivity contribution in [3.05, 3.63) is 54.1 Å². The molecule has 0 N–H and O–H groups in total. The lowest BCUT2D eigenvalue weighted by Gasteiger charge is -2.25. The fourth-order valence-corrected chi connectivity index (χ4v) is 4.38. The van der Waals surface area contributed by atoms with Gasteiger partial charge in [-0.15, -0.1) is 0 Å². The summed E-state index contributed by atoms with van der Waals surface area (Å²) in [4.78, 5) is 29.9. The Morgan fingerprint density at radius 3 is 2.42 bits per heavy atom. The van der Waals surface area contributed by atoms with Crippen molar-refractivity contribution < 1.29 is 14.3 Å². The Labute approximate surface area is 186 Å². The third-order valence-electron chi connectivity index (χ3n) is 5.93. The monoisotopic (exact) mass is 422 g/mol. The summed E-state index contributed by atoms with van der Waals surface area (Å²) in [5.74, 6) is 0.875. The van der Waals surface area contributed by atoms with Gasteiger partial charge in [-0.2, -0.15) is 0 Å². The molecular weight excluding hydrogens is 388 g/mol. The highest BCUT2D eigenvalue weighted by Crippen LogP contribution is 2.33. The van der Waals surface area contributed by atoms with Gasteiger partial charge in [0.1, 0.15) is 5.75 Å². The van der Waals surface area contributed by atoms with E-state index in [1.54, 1.807) is 7.11 Å². The van der Waals surface area contributed by atoms with Crippen molar-refractivity contribution in [1.29, 1.82) is 0 Å². The number of methoxy groups -OCH3 is 1. The molecule has 1 atom stereocenters. The molecule has 1 saturated heterocycles. The molecular formula is C26H34N2O3. The zero-order valence-corrected chi connectivity index (χ0v) is 19.0. The summed E-state index contributed by atoms with van der Waals surface area (Å²) in [6.07, 6.45) is 2.87. The van der Waals surface area contributed by atoms with Gasteiger partial charge in [-0.25, -0.2) is 0 Å². The Balaban J connectivity index is 1.93. The summed E-state index contributed by atoms with van der Waals surface area (Å²) in [5.41, 5.74) is 3.20. The van der Waals surface area contributed by atoms with Crippen molar-refractivity contribution in [2.75, 3.05) is 33.3 Å². The maximum absolute atomic E-state index is 13.4. The third-order valence-corrected chi connectivity index (χ3v) is 5.93. The minimum atomic E-state index is -0.245. The van der Waals surface area contributed by atoms with Crippen molar-refractivity contribution in [1.82, 2.24) is 9.80 Å². The highest BCUT2D eigenvalue weighted by atomic mass is 16.5. The minimum absolute atomic E-state index is 0.150. The molecule has 0 spiro atoms. The van der Waals surface area contributed by atoms with Crippen molar-refractivity contribution in [2.24, 2.45) is 5.92 Å². The van der Waals surface area contributed by atoms with Crippen molar-refractivity contribution >= 4 is 11.8 Å². The largest absolute Gasteiger partial charge is 0.496 e. The third kappa shape index (κ3) is 5.46. The summed E-state index contributed by atoms with van der Waals surface area (Å²) >= 11 is 0. The van der Waals surface area contributed by atoms with Crippen LogP contribution in [0.25, 0.3) is 11.1 Å². The molecule has 3 rings (SSSR count). The molecule has 1 fully saturated rings. The average molecular weight is 423 g/mol. The molecule has 0 radical (unpaired) electrons.